The van der Waals surface area contributed by atoms with Crippen LogP contribution in [0.1, 0.15) is 30.7 Å². The fourth-order valence-corrected chi connectivity index (χ4v) is 5.48. The van der Waals surface area contributed by atoms with E-state index >= 15 is 0 Å². The van der Waals surface area contributed by atoms with Gasteiger partial charge in [-0.05, 0) is 60.9 Å². The van der Waals surface area contributed by atoms with Gasteiger partial charge < -0.3 is 14.0 Å². The Morgan fingerprint density at radius 2 is 1.82 bits per heavy atom. The summed E-state index contributed by atoms with van der Waals surface area (Å²) >= 11 is 3.58. The van der Waals surface area contributed by atoms with Gasteiger partial charge in [-0.3, -0.25) is 9.69 Å². The van der Waals surface area contributed by atoms with Crippen LogP contribution < -0.4 is 14.4 Å². The molecule has 1 aromatic heterocycles. The summed E-state index contributed by atoms with van der Waals surface area (Å²) in [7, 11) is 0. The number of fused-ring (bicyclic) bond motifs is 1. The summed E-state index contributed by atoms with van der Waals surface area (Å²) in [4.78, 5) is 15.5. The highest BCUT2D eigenvalue weighted by atomic mass is 79.9. The minimum absolute atomic E-state index is 0.0863. The Morgan fingerprint density at radius 1 is 1.00 bits per heavy atom. The number of rotatable bonds is 3. The lowest BCUT2D eigenvalue weighted by molar-refractivity contribution is -0.116. The summed E-state index contributed by atoms with van der Waals surface area (Å²) in [5, 5.41) is 10.5. The Labute approximate surface area is 205 Å². The maximum absolute atomic E-state index is 13.5. The lowest BCUT2D eigenvalue weighted by Gasteiger charge is -2.41. The fraction of sp³-hybridized carbons (Fsp3) is 0.185. The summed E-state index contributed by atoms with van der Waals surface area (Å²) < 4.78 is 14.0. The van der Waals surface area contributed by atoms with E-state index in [1.807, 2.05) is 71.6 Å². The quantitative estimate of drug-likeness (QED) is 0.430. The second-order valence-electron chi connectivity index (χ2n) is 8.44. The molecule has 0 saturated carbocycles. The van der Waals surface area contributed by atoms with Gasteiger partial charge in [-0.1, -0.05) is 28.1 Å². The molecule has 7 heteroatoms. The summed E-state index contributed by atoms with van der Waals surface area (Å²) in [5.41, 5.74) is 3.90. The third kappa shape index (κ3) is 3.25. The molecule has 0 N–H and O–H groups in total. The number of hydrogen-bond donors (Lipinski definition) is 0. The molecule has 34 heavy (non-hydrogen) atoms. The van der Waals surface area contributed by atoms with E-state index < -0.39 is 5.92 Å². The molecular formula is C27H20BrN3O3. The molecule has 1 aliphatic carbocycles. The first kappa shape index (κ1) is 20.8. The zero-order valence-electron chi connectivity index (χ0n) is 18.2. The molecule has 3 aromatic rings. The minimum atomic E-state index is -0.483. The number of nitrogens with zero attached hydrogens (tertiary/aromatic N) is 3. The van der Waals surface area contributed by atoms with Gasteiger partial charge in [0.2, 0.25) is 6.79 Å². The van der Waals surface area contributed by atoms with Gasteiger partial charge in [-0.25, -0.2) is 0 Å². The Kier molecular flexibility index (Phi) is 5.04. The number of allylic oxidation sites excluding steroid dienone is 3. The average molecular weight is 514 g/mol. The third-order valence-corrected chi connectivity index (χ3v) is 6.99. The van der Waals surface area contributed by atoms with Crippen LogP contribution in [0.3, 0.4) is 0 Å². The molecule has 0 unspecified atom stereocenters. The number of ketones is 1. The summed E-state index contributed by atoms with van der Waals surface area (Å²) in [6, 6.07) is 20.0. The van der Waals surface area contributed by atoms with E-state index in [1.54, 1.807) is 0 Å². The molecular weight excluding hydrogens is 494 g/mol. The van der Waals surface area contributed by atoms with Gasteiger partial charge in [0.25, 0.3) is 0 Å². The summed E-state index contributed by atoms with van der Waals surface area (Å²) in [6.45, 7) is 0.169. The highest BCUT2D eigenvalue weighted by Crippen LogP contribution is 2.50. The Morgan fingerprint density at radius 3 is 2.62 bits per heavy atom. The summed E-state index contributed by atoms with van der Waals surface area (Å²) in [5.74, 6) is 1.65. The minimum Gasteiger partial charge on any atom is -0.454 e. The molecule has 0 saturated heterocycles. The van der Waals surface area contributed by atoms with Crippen molar-refractivity contribution in [3.8, 4) is 17.6 Å². The number of anilines is 1. The van der Waals surface area contributed by atoms with Crippen LogP contribution in [-0.2, 0) is 4.79 Å². The number of ether oxygens (including phenoxy) is 2. The van der Waals surface area contributed by atoms with Crippen molar-refractivity contribution in [1.82, 2.24) is 4.57 Å². The van der Waals surface area contributed by atoms with Gasteiger partial charge in [0, 0.05) is 40.2 Å². The summed E-state index contributed by atoms with van der Waals surface area (Å²) in [6.07, 6.45) is 5.87. The zero-order chi connectivity index (χ0) is 23.2. The van der Waals surface area contributed by atoms with Crippen molar-refractivity contribution in [1.29, 1.82) is 5.26 Å². The maximum atomic E-state index is 13.5. The van der Waals surface area contributed by atoms with Crippen LogP contribution >= 0.6 is 15.9 Å². The van der Waals surface area contributed by atoms with E-state index in [4.69, 9.17) is 9.47 Å². The number of hydrogen-bond acceptors (Lipinski definition) is 5. The van der Waals surface area contributed by atoms with Crippen molar-refractivity contribution in [3.63, 3.8) is 0 Å². The van der Waals surface area contributed by atoms with E-state index in [9.17, 15) is 10.1 Å². The predicted molar refractivity (Wildman–Crippen MR) is 131 cm³/mol. The van der Waals surface area contributed by atoms with Crippen molar-refractivity contribution in [2.75, 3.05) is 11.7 Å². The van der Waals surface area contributed by atoms with E-state index in [0.29, 0.717) is 29.1 Å². The number of carbonyl (C=O) groups is 1. The number of halogens is 1. The van der Waals surface area contributed by atoms with Gasteiger partial charge in [-0.15, -0.1) is 0 Å². The van der Waals surface area contributed by atoms with Gasteiger partial charge in [0.15, 0.2) is 17.3 Å². The topological polar surface area (TPSA) is 67.5 Å². The molecule has 2 aliphatic heterocycles. The smallest absolute Gasteiger partial charge is 0.231 e. The van der Waals surface area contributed by atoms with Gasteiger partial charge in [-0.2, -0.15) is 5.26 Å². The van der Waals surface area contributed by atoms with Crippen molar-refractivity contribution < 1.29 is 14.3 Å². The third-order valence-electron chi connectivity index (χ3n) is 6.49. The predicted octanol–water partition coefficient (Wildman–Crippen LogP) is 5.98. The lowest BCUT2D eigenvalue weighted by atomic mass is 9.75. The largest absolute Gasteiger partial charge is 0.454 e. The molecule has 0 amide bonds. The van der Waals surface area contributed by atoms with Gasteiger partial charge in [0.05, 0.1) is 17.6 Å². The van der Waals surface area contributed by atoms with Crippen molar-refractivity contribution >= 4 is 33.2 Å². The van der Waals surface area contributed by atoms with Crippen molar-refractivity contribution in [2.24, 2.45) is 0 Å². The Hall–Kier alpha value is -3.76. The van der Waals surface area contributed by atoms with Crippen LogP contribution in [0.4, 0.5) is 5.69 Å². The molecule has 6 rings (SSSR count). The molecule has 0 bridgehead atoms. The monoisotopic (exact) mass is 513 g/mol. The number of aromatic nitrogens is 1. The molecule has 3 aliphatic rings. The van der Waals surface area contributed by atoms with Gasteiger partial charge >= 0.3 is 0 Å². The SMILES string of the molecule is N#CC1=C(n2cccc2)N(c2cccc(Br)c2)C2=C(C(=O)CCC2)[C@@H]1c1ccc2c(c1)OCO2. The molecule has 0 spiro atoms. The normalized spacial score (nSPS) is 19.4. The maximum Gasteiger partial charge on any atom is 0.231 e. The fourth-order valence-electron chi connectivity index (χ4n) is 5.09. The number of nitriles is 1. The van der Waals surface area contributed by atoms with Crippen molar-refractivity contribution in [2.45, 2.75) is 25.2 Å². The van der Waals surface area contributed by atoms with Crippen LogP contribution in [0.15, 0.2) is 88.3 Å². The first-order valence-corrected chi connectivity index (χ1v) is 11.9. The number of carbonyl (C=O) groups excluding carboxylic acids is 1. The van der Waals surface area contributed by atoms with Crippen LogP contribution in [0.5, 0.6) is 11.5 Å². The molecule has 6 nitrogen and oxygen atoms in total. The second kappa shape index (κ2) is 8.23. The van der Waals surface area contributed by atoms with Crippen LogP contribution in [0.25, 0.3) is 5.82 Å². The molecule has 168 valence electrons. The Bertz CT molecular complexity index is 1420. The van der Waals surface area contributed by atoms with E-state index in [2.05, 4.69) is 26.9 Å². The molecule has 0 radical (unpaired) electrons. The first-order valence-electron chi connectivity index (χ1n) is 11.1. The lowest BCUT2D eigenvalue weighted by Crippen LogP contribution is -2.36. The number of benzene rings is 2. The molecule has 0 fully saturated rings. The first-order chi connectivity index (χ1) is 16.7. The standard InChI is InChI=1S/C27H20BrN3O3/c28-18-5-3-6-19(14-18)31-21-7-4-8-22(32)26(21)25(17-9-10-23-24(13-17)34-16-33-23)20(15-29)27(31)30-11-1-2-12-30/h1-3,5-6,9-14,25H,4,7-8,16H2/t25-/m1/s1. The van der Waals surface area contributed by atoms with Crippen LogP contribution in [-0.4, -0.2) is 17.1 Å². The van der Waals surface area contributed by atoms with E-state index in [1.165, 1.54) is 0 Å². The molecule has 1 atom stereocenters. The zero-order valence-corrected chi connectivity index (χ0v) is 19.8. The highest BCUT2D eigenvalue weighted by Gasteiger charge is 2.42. The highest BCUT2D eigenvalue weighted by molar-refractivity contribution is 9.10. The van der Waals surface area contributed by atoms with Crippen LogP contribution in [0, 0.1) is 11.3 Å². The second-order valence-corrected chi connectivity index (χ2v) is 9.35. The van der Waals surface area contributed by atoms with Crippen molar-refractivity contribution in [3.05, 3.63) is 93.9 Å². The number of Topliss-reactive ketones (excluding diaryl/α,β-unsaturated/α-hetero) is 1. The molecule has 2 aromatic carbocycles. The molecule has 3 heterocycles. The average Bonchev–Trinajstić information content (AvgIpc) is 3.54. The van der Waals surface area contributed by atoms with Gasteiger partial charge in [0.1, 0.15) is 5.82 Å². The Balaban J connectivity index is 1.65. The van der Waals surface area contributed by atoms with Crippen LogP contribution in [0.2, 0.25) is 0 Å². The van der Waals surface area contributed by atoms with E-state index in [0.717, 1.165) is 40.1 Å². The van der Waals surface area contributed by atoms with E-state index in [-0.39, 0.29) is 12.6 Å².